The van der Waals surface area contributed by atoms with Crippen LogP contribution in [0.15, 0.2) is 0 Å². The number of nitrogens with zero attached hydrogens (tertiary/aromatic N) is 1. The van der Waals surface area contributed by atoms with Crippen molar-refractivity contribution in [3.63, 3.8) is 0 Å². The van der Waals surface area contributed by atoms with Crippen LogP contribution in [-0.2, 0) is 4.79 Å². The molecule has 2 saturated heterocycles. The molecule has 1 N–H and O–H groups in total. The van der Waals surface area contributed by atoms with Gasteiger partial charge < -0.3 is 10.2 Å². The maximum atomic E-state index is 12.2. The summed E-state index contributed by atoms with van der Waals surface area (Å²) in [4.78, 5) is 14.4. The van der Waals surface area contributed by atoms with Crippen molar-refractivity contribution in [1.82, 2.24) is 10.2 Å². The first kappa shape index (κ1) is 11.9. The van der Waals surface area contributed by atoms with E-state index >= 15 is 0 Å². The molecule has 0 aliphatic carbocycles. The number of fused-ring (bicyclic) bond motifs is 1. The lowest BCUT2D eigenvalue weighted by Crippen LogP contribution is -2.42. The van der Waals surface area contributed by atoms with Crippen molar-refractivity contribution in [2.45, 2.75) is 52.1 Å². The Kier molecular flexibility index (Phi) is 3.53. The van der Waals surface area contributed by atoms with Crippen LogP contribution >= 0.6 is 0 Å². The molecule has 3 nitrogen and oxygen atoms in total. The van der Waals surface area contributed by atoms with E-state index in [0.29, 0.717) is 29.8 Å². The fourth-order valence-electron chi connectivity index (χ4n) is 3.14. The second kappa shape index (κ2) is 4.74. The molecule has 3 unspecified atom stereocenters. The van der Waals surface area contributed by atoms with Crippen molar-refractivity contribution in [1.29, 1.82) is 0 Å². The number of amides is 1. The highest BCUT2D eigenvalue weighted by Gasteiger charge is 2.43. The van der Waals surface area contributed by atoms with Crippen molar-refractivity contribution < 1.29 is 4.79 Å². The number of hydrogen-bond donors (Lipinski definition) is 1. The first-order valence-corrected chi connectivity index (χ1v) is 6.61. The van der Waals surface area contributed by atoms with Crippen molar-refractivity contribution in [2.24, 2.45) is 11.8 Å². The van der Waals surface area contributed by atoms with Crippen LogP contribution in [0.25, 0.3) is 0 Å². The minimum absolute atomic E-state index is 0.373. The maximum absolute atomic E-state index is 12.2. The van der Waals surface area contributed by atoms with Gasteiger partial charge in [-0.2, -0.15) is 0 Å². The van der Waals surface area contributed by atoms with E-state index in [1.165, 1.54) is 6.42 Å². The molecule has 0 aromatic heterocycles. The molecule has 0 bridgehead atoms. The molecule has 16 heavy (non-hydrogen) atoms. The fraction of sp³-hybridized carbons (Fsp3) is 0.923. The molecule has 2 rings (SSSR count). The molecule has 2 aliphatic rings. The standard InChI is InChI=1S/C13H24N2O/c1-9(2)4-5-13(16)15-10(3)6-11-7-14-8-12(11)15/h9-12,14H,4-8H2,1-3H3. The molecule has 1 amide bonds. The number of carbonyl (C=O) groups excluding carboxylic acids is 1. The average Bonchev–Trinajstić information content (AvgIpc) is 2.73. The van der Waals surface area contributed by atoms with Crippen molar-refractivity contribution in [3.8, 4) is 0 Å². The van der Waals surface area contributed by atoms with Gasteiger partial charge in [0.05, 0.1) is 0 Å². The molecule has 2 aliphatic heterocycles. The highest BCUT2D eigenvalue weighted by atomic mass is 16.2. The fourth-order valence-corrected chi connectivity index (χ4v) is 3.14. The number of rotatable bonds is 3. The summed E-state index contributed by atoms with van der Waals surface area (Å²) in [5.74, 6) is 1.70. The molecule has 3 heteroatoms. The predicted molar refractivity (Wildman–Crippen MR) is 65.1 cm³/mol. The third kappa shape index (κ3) is 2.24. The van der Waals surface area contributed by atoms with Crippen LogP contribution in [0.4, 0.5) is 0 Å². The van der Waals surface area contributed by atoms with Gasteiger partial charge in [0.1, 0.15) is 0 Å². The van der Waals surface area contributed by atoms with Gasteiger partial charge in [0, 0.05) is 31.6 Å². The van der Waals surface area contributed by atoms with Gasteiger partial charge in [0.2, 0.25) is 5.91 Å². The van der Waals surface area contributed by atoms with Gasteiger partial charge in [-0.25, -0.2) is 0 Å². The lowest BCUT2D eigenvalue weighted by molar-refractivity contribution is -0.134. The summed E-state index contributed by atoms with van der Waals surface area (Å²) >= 11 is 0. The lowest BCUT2D eigenvalue weighted by atomic mass is 10.0. The highest BCUT2D eigenvalue weighted by molar-refractivity contribution is 5.77. The molecule has 0 saturated carbocycles. The number of nitrogens with one attached hydrogen (secondary N) is 1. The molecule has 3 atom stereocenters. The monoisotopic (exact) mass is 224 g/mol. The van der Waals surface area contributed by atoms with E-state index in [0.717, 1.165) is 25.9 Å². The Labute approximate surface area is 98.6 Å². The summed E-state index contributed by atoms with van der Waals surface area (Å²) in [5, 5.41) is 3.40. The van der Waals surface area contributed by atoms with Crippen LogP contribution in [0.2, 0.25) is 0 Å². The van der Waals surface area contributed by atoms with Crippen LogP contribution in [0.5, 0.6) is 0 Å². The van der Waals surface area contributed by atoms with Gasteiger partial charge in [-0.15, -0.1) is 0 Å². The second-order valence-electron chi connectivity index (χ2n) is 5.80. The normalized spacial score (nSPS) is 33.5. The van der Waals surface area contributed by atoms with Crippen LogP contribution in [0.3, 0.4) is 0 Å². The third-order valence-electron chi connectivity index (χ3n) is 4.00. The van der Waals surface area contributed by atoms with E-state index in [2.05, 4.69) is 31.0 Å². The summed E-state index contributed by atoms with van der Waals surface area (Å²) < 4.78 is 0. The quantitative estimate of drug-likeness (QED) is 0.790. The van der Waals surface area contributed by atoms with Gasteiger partial charge in [-0.3, -0.25) is 4.79 Å². The summed E-state index contributed by atoms with van der Waals surface area (Å²) in [5.41, 5.74) is 0. The van der Waals surface area contributed by atoms with Gasteiger partial charge >= 0.3 is 0 Å². The minimum atomic E-state index is 0.373. The van der Waals surface area contributed by atoms with Crippen LogP contribution in [-0.4, -0.2) is 36.0 Å². The SMILES string of the molecule is CC(C)CCC(=O)N1C(C)CC2CNCC21. The van der Waals surface area contributed by atoms with Crippen LogP contribution in [0.1, 0.15) is 40.0 Å². The Bertz CT molecular complexity index is 265. The number of carbonyl (C=O) groups is 1. The lowest BCUT2D eigenvalue weighted by Gasteiger charge is -2.28. The molecular weight excluding hydrogens is 200 g/mol. The zero-order valence-corrected chi connectivity index (χ0v) is 10.7. The van der Waals surface area contributed by atoms with Crippen LogP contribution < -0.4 is 5.32 Å². The smallest absolute Gasteiger partial charge is 0.223 e. The molecule has 0 aromatic rings. The largest absolute Gasteiger partial charge is 0.335 e. The zero-order valence-electron chi connectivity index (χ0n) is 10.7. The summed E-state index contributed by atoms with van der Waals surface area (Å²) in [6.45, 7) is 8.66. The number of likely N-dealkylation sites (tertiary alicyclic amines) is 1. The summed E-state index contributed by atoms with van der Waals surface area (Å²) in [6, 6.07) is 0.937. The Morgan fingerprint density at radius 1 is 1.44 bits per heavy atom. The van der Waals surface area contributed by atoms with E-state index in [1.54, 1.807) is 0 Å². The van der Waals surface area contributed by atoms with Crippen molar-refractivity contribution >= 4 is 5.91 Å². The van der Waals surface area contributed by atoms with Gasteiger partial charge in [-0.05, 0) is 31.6 Å². The van der Waals surface area contributed by atoms with E-state index < -0.39 is 0 Å². The Hall–Kier alpha value is -0.570. The number of hydrogen-bond acceptors (Lipinski definition) is 2. The average molecular weight is 224 g/mol. The second-order valence-corrected chi connectivity index (χ2v) is 5.80. The van der Waals surface area contributed by atoms with E-state index in [-0.39, 0.29) is 0 Å². The molecule has 0 radical (unpaired) electrons. The summed E-state index contributed by atoms with van der Waals surface area (Å²) in [7, 11) is 0. The Morgan fingerprint density at radius 3 is 2.88 bits per heavy atom. The minimum Gasteiger partial charge on any atom is -0.335 e. The molecule has 2 fully saturated rings. The molecular formula is C13H24N2O. The molecule has 2 heterocycles. The first-order chi connectivity index (χ1) is 7.59. The topological polar surface area (TPSA) is 32.3 Å². The van der Waals surface area contributed by atoms with E-state index in [9.17, 15) is 4.79 Å². The van der Waals surface area contributed by atoms with E-state index in [4.69, 9.17) is 0 Å². The van der Waals surface area contributed by atoms with E-state index in [1.807, 2.05) is 0 Å². The Balaban J connectivity index is 1.94. The van der Waals surface area contributed by atoms with Crippen LogP contribution in [0, 0.1) is 11.8 Å². The maximum Gasteiger partial charge on any atom is 0.223 e. The first-order valence-electron chi connectivity index (χ1n) is 6.61. The molecule has 0 spiro atoms. The van der Waals surface area contributed by atoms with Gasteiger partial charge in [-0.1, -0.05) is 13.8 Å². The summed E-state index contributed by atoms with van der Waals surface area (Å²) in [6.07, 6.45) is 2.93. The third-order valence-corrected chi connectivity index (χ3v) is 4.00. The molecule has 0 aromatic carbocycles. The molecule has 92 valence electrons. The van der Waals surface area contributed by atoms with Gasteiger partial charge in [0.15, 0.2) is 0 Å². The zero-order chi connectivity index (χ0) is 11.7. The predicted octanol–water partition coefficient (Wildman–Crippen LogP) is 1.63. The Morgan fingerprint density at radius 2 is 2.19 bits per heavy atom. The highest BCUT2D eigenvalue weighted by Crippen LogP contribution is 2.32. The van der Waals surface area contributed by atoms with Crippen molar-refractivity contribution in [2.75, 3.05) is 13.1 Å². The van der Waals surface area contributed by atoms with Crippen molar-refractivity contribution in [3.05, 3.63) is 0 Å². The van der Waals surface area contributed by atoms with Gasteiger partial charge in [0.25, 0.3) is 0 Å².